The molecule has 0 radical (unpaired) electrons. The molecule has 1 rings (SSSR count). The molecule has 2 amide bonds. The molecule has 0 spiro atoms. The van der Waals surface area contributed by atoms with Crippen LogP contribution >= 0.6 is 0 Å². The fraction of sp³-hybridized carbons (Fsp3) is 0.619. The van der Waals surface area contributed by atoms with E-state index in [1.165, 1.54) is 0 Å². The van der Waals surface area contributed by atoms with Crippen LogP contribution in [0.2, 0.25) is 0 Å². The first-order valence-electron chi connectivity index (χ1n) is 9.60. The molecule has 1 aromatic carbocycles. The molecule has 0 heterocycles. The Bertz CT molecular complexity index is 616. The normalized spacial score (nSPS) is 13.0. The summed E-state index contributed by atoms with van der Waals surface area (Å²) in [5.74, 6) is 1.46. The lowest BCUT2D eigenvalue weighted by Gasteiger charge is -2.24. The summed E-state index contributed by atoms with van der Waals surface area (Å²) in [6.45, 7) is 8.46. The second kappa shape index (κ2) is 11.5. The van der Waals surface area contributed by atoms with E-state index in [0.717, 1.165) is 12.0 Å². The third-order valence-corrected chi connectivity index (χ3v) is 4.57. The number of carbonyl (C=O) groups excluding carboxylic acids is 2. The molecule has 152 valence electrons. The number of carbonyl (C=O) groups is 2. The average Bonchev–Trinajstić information content (AvgIpc) is 2.64. The molecule has 2 atom stereocenters. The minimum atomic E-state index is -0.508. The van der Waals surface area contributed by atoms with Crippen LogP contribution in [0.25, 0.3) is 0 Å². The molecule has 2 N–H and O–H groups in total. The van der Waals surface area contributed by atoms with Crippen LogP contribution < -0.4 is 20.1 Å². The van der Waals surface area contributed by atoms with Crippen molar-refractivity contribution in [1.29, 1.82) is 0 Å². The maximum absolute atomic E-state index is 12.6. The van der Waals surface area contributed by atoms with E-state index in [1.807, 2.05) is 45.9 Å². The van der Waals surface area contributed by atoms with Gasteiger partial charge < -0.3 is 20.1 Å². The van der Waals surface area contributed by atoms with Crippen molar-refractivity contribution >= 4 is 11.8 Å². The Hall–Kier alpha value is -2.24. The zero-order valence-corrected chi connectivity index (χ0v) is 17.4. The number of methoxy groups -OCH3 is 2. The molecule has 0 bridgehead atoms. The van der Waals surface area contributed by atoms with Crippen molar-refractivity contribution in [3.8, 4) is 11.5 Å². The van der Waals surface area contributed by atoms with Gasteiger partial charge in [0, 0.05) is 13.0 Å². The summed E-state index contributed by atoms with van der Waals surface area (Å²) < 4.78 is 10.5. The van der Waals surface area contributed by atoms with E-state index in [0.29, 0.717) is 30.9 Å². The van der Waals surface area contributed by atoms with Gasteiger partial charge in [-0.15, -0.1) is 0 Å². The highest BCUT2D eigenvalue weighted by atomic mass is 16.5. The lowest BCUT2D eigenvalue weighted by molar-refractivity contribution is -0.130. The Labute approximate surface area is 163 Å². The third-order valence-electron chi connectivity index (χ3n) is 4.57. The number of nitrogens with one attached hydrogen (secondary N) is 2. The fourth-order valence-corrected chi connectivity index (χ4v) is 2.78. The summed E-state index contributed by atoms with van der Waals surface area (Å²) in [6, 6.07) is 5.20. The number of hydrogen-bond acceptors (Lipinski definition) is 4. The summed E-state index contributed by atoms with van der Waals surface area (Å²) in [7, 11) is 3.19. The molecule has 0 aliphatic carbocycles. The van der Waals surface area contributed by atoms with Crippen LogP contribution in [0.15, 0.2) is 18.2 Å². The fourth-order valence-electron chi connectivity index (χ4n) is 2.78. The van der Waals surface area contributed by atoms with Gasteiger partial charge >= 0.3 is 0 Å². The SMILES string of the molecule is CCC(C)C(NC(=O)CC(C)C)C(=O)NCCc1ccc(OC)c(OC)c1. The smallest absolute Gasteiger partial charge is 0.242 e. The van der Waals surface area contributed by atoms with Crippen LogP contribution in [-0.4, -0.2) is 38.6 Å². The summed E-state index contributed by atoms with van der Waals surface area (Å²) >= 11 is 0. The van der Waals surface area contributed by atoms with Gasteiger partial charge in [-0.1, -0.05) is 40.2 Å². The van der Waals surface area contributed by atoms with Gasteiger partial charge in [0.15, 0.2) is 11.5 Å². The number of rotatable bonds is 11. The number of amides is 2. The Balaban J connectivity index is 2.64. The quantitative estimate of drug-likeness (QED) is 0.621. The molecule has 2 unspecified atom stereocenters. The van der Waals surface area contributed by atoms with E-state index in [4.69, 9.17) is 9.47 Å². The van der Waals surface area contributed by atoms with Crippen LogP contribution in [0.5, 0.6) is 11.5 Å². The highest BCUT2D eigenvalue weighted by Gasteiger charge is 2.25. The lowest BCUT2D eigenvalue weighted by atomic mass is 9.97. The lowest BCUT2D eigenvalue weighted by Crippen LogP contribution is -2.50. The van der Waals surface area contributed by atoms with Crippen molar-refractivity contribution in [3.05, 3.63) is 23.8 Å². The second-order valence-electron chi connectivity index (χ2n) is 7.26. The van der Waals surface area contributed by atoms with Crippen molar-refractivity contribution in [3.63, 3.8) is 0 Å². The van der Waals surface area contributed by atoms with Gasteiger partial charge in [0.2, 0.25) is 11.8 Å². The van der Waals surface area contributed by atoms with Crippen molar-refractivity contribution in [2.45, 2.75) is 53.0 Å². The van der Waals surface area contributed by atoms with Gasteiger partial charge in [-0.25, -0.2) is 0 Å². The van der Waals surface area contributed by atoms with Gasteiger partial charge in [-0.3, -0.25) is 9.59 Å². The van der Waals surface area contributed by atoms with Crippen LogP contribution in [0.3, 0.4) is 0 Å². The number of hydrogen-bond donors (Lipinski definition) is 2. The van der Waals surface area contributed by atoms with Crippen molar-refractivity contribution < 1.29 is 19.1 Å². The molecular weight excluding hydrogens is 344 g/mol. The predicted octanol–water partition coefficient (Wildman–Crippen LogP) is 2.94. The molecule has 6 nitrogen and oxygen atoms in total. The Kier molecular flexibility index (Phi) is 9.68. The zero-order chi connectivity index (χ0) is 20.4. The molecular formula is C21H34N2O4. The summed E-state index contributed by atoms with van der Waals surface area (Å²) in [4.78, 5) is 24.7. The average molecular weight is 379 g/mol. The summed E-state index contributed by atoms with van der Waals surface area (Å²) in [5.41, 5.74) is 1.04. The first-order chi connectivity index (χ1) is 12.8. The summed E-state index contributed by atoms with van der Waals surface area (Å²) in [6.07, 6.45) is 1.90. The highest BCUT2D eigenvalue weighted by Crippen LogP contribution is 2.27. The van der Waals surface area contributed by atoms with E-state index in [-0.39, 0.29) is 23.7 Å². The molecule has 0 saturated heterocycles. The molecule has 0 aliphatic heterocycles. The molecule has 6 heteroatoms. The maximum atomic E-state index is 12.6. The maximum Gasteiger partial charge on any atom is 0.242 e. The third kappa shape index (κ3) is 7.49. The van der Waals surface area contributed by atoms with Crippen molar-refractivity contribution in [1.82, 2.24) is 10.6 Å². The van der Waals surface area contributed by atoms with Gasteiger partial charge in [0.1, 0.15) is 6.04 Å². The van der Waals surface area contributed by atoms with Crippen LogP contribution in [-0.2, 0) is 16.0 Å². The molecule has 0 saturated carbocycles. The highest BCUT2D eigenvalue weighted by molar-refractivity contribution is 5.87. The van der Waals surface area contributed by atoms with E-state index >= 15 is 0 Å². The molecule has 0 aromatic heterocycles. The standard InChI is InChI=1S/C21H34N2O4/c1-7-15(4)20(23-19(24)12-14(2)3)21(25)22-11-10-16-8-9-17(26-5)18(13-16)27-6/h8-9,13-15,20H,7,10-12H2,1-6H3,(H,22,25)(H,23,24). The van der Waals surface area contributed by atoms with Crippen molar-refractivity contribution in [2.24, 2.45) is 11.8 Å². The van der Waals surface area contributed by atoms with Gasteiger partial charge in [-0.2, -0.15) is 0 Å². The Morgan fingerprint density at radius 2 is 1.74 bits per heavy atom. The predicted molar refractivity (Wildman–Crippen MR) is 107 cm³/mol. The molecule has 0 fully saturated rings. The first kappa shape index (κ1) is 22.8. The Morgan fingerprint density at radius 1 is 1.07 bits per heavy atom. The second-order valence-corrected chi connectivity index (χ2v) is 7.26. The minimum absolute atomic E-state index is 0.0715. The molecule has 0 aliphatic rings. The Morgan fingerprint density at radius 3 is 2.30 bits per heavy atom. The monoisotopic (exact) mass is 378 g/mol. The summed E-state index contributed by atoms with van der Waals surface area (Å²) in [5, 5.41) is 5.84. The van der Waals surface area contributed by atoms with Crippen molar-refractivity contribution in [2.75, 3.05) is 20.8 Å². The van der Waals surface area contributed by atoms with E-state index < -0.39 is 6.04 Å². The zero-order valence-electron chi connectivity index (χ0n) is 17.4. The van der Waals surface area contributed by atoms with Crippen LogP contribution in [0.1, 0.15) is 46.1 Å². The van der Waals surface area contributed by atoms with E-state index in [1.54, 1.807) is 14.2 Å². The molecule has 27 heavy (non-hydrogen) atoms. The number of benzene rings is 1. The van der Waals surface area contributed by atoms with Gasteiger partial charge in [0.05, 0.1) is 14.2 Å². The largest absolute Gasteiger partial charge is 0.493 e. The topological polar surface area (TPSA) is 76.7 Å². The van der Waals surface area contributed by atoms with E-state index in [9.17, 15) is 9.59 Å². The first-order valence-corrected chi connectivity index (χ1v) is 9.60. The minimum Gasteiger partial charge on any atom is -0.493 e. The van der Waals surface area contributed by atoms with E-state index in [2.05, 4.69) is 10.6 Å². The number of ether oxygens (including phenoxy) is 2. The molecule has 1 aromatic rings. The van der Waals surface area contributed by atoms with Gasteiger partial charge in [0.25, 0.3) is 0 Å². The van der Waals surface area contributed by atoms with Crippen LogP contribution in [0, 0.1) is 11.8 Å². The van der Waals surface area contributed by atoms with Gasteiger partial charge in [-0.05, 0) is 36.0 Å². The van der Waals surface area contributed by atoms with Crippen LogP contribution in [0.4, 0.5) is 0 Å².